The minimum atomic E-state index is 0.698. The zero-order chi connectivity index (χ0) is 34.2. The second-order valence-electron chi connectivity index (χ2n) is 12.5. The van der Waals surface area contributed by atoms with Gasteiger partial charge in [0.05, 0.1) is 0 Å². The number of aromatic nitrogens is 6. The first-order chi connectivity index (χ1) is 24.4. The Morgan fingerprint density at radius 1 is 0.300 bits per heavy atom. The van der Waals surface area contributed by atoms with Gasteiger partial charge in [-0.1, -0.05) is 121 Å². The predicted molar refractivity (Wildman–Crippen MR) is 202 cm³/mol. The van der Waals surface area contributed by atoms with E-state index >= 15 is 0 Å². The van der Waals surface area contributed by atoms with Gasteiger partial charge in [-0.2, -0.15) is 0 Å². The van der Waals surface area contributed by atoms with Crippen molar-refractivity contribution in [3.8, 4) is 67.3 Å². The molecule has 0 aliphatic rings. The van der Waals surface area contributed by atoms with Crippen molar-refractivity contribution in [1.29, 1.82) is 0 Å². The molecule has 240 valence electrons. The van der Waals surface area contributed by atoms with Crippen LogP contribution in [0.2, 0.25) is 0 Å². The molecule has 0 saturated heterocycles. The highest BCUT2D eigenvalue weighted by Gasteiger charge is 2.13. The highest BCUT2D eigenvalue weighted by Crippen LogP contribution is 2.39. The third-order valence-electron chi connectivity index (χ3n) is 8.92. The van der Waals surface area contributed by atoms with Crippen LogP contribution in [0.25, 0.3) is 78.1 Å². The van der Waals surface area contributed by atoms with E-state index in [1.165, 1.54) is 33.0 Å². The minimum Gasteiger partial charge on any atom is -0.219 e. The number of rotatable bonds is 6. The van der Waals surface area contributed by atoms with Crippen LogP contribution < -0.4 is 0 Å². The second kappa shape index (κ2) is 12.9. The lowest BCUT2D eigenvalue weighted by Gasteiger charge is -2.14. The molecule has 8 rings (SSSR count). The van der Waals surface area contributed by atoms with Gasteiger partial charge in [0.2, 0.25) is 0 Å². The number of aryl methyl sites for hydroxylation is 4. The molecule has 0 amide bonds. The molecule has 0 unspecified atom stereocenters. The van der Waals surface area contributed by atoms with Crippen molar-refractivity contribution in [3.05, 3.63) is 157 Å². The molecule has 8 aromatic rings. The van der Waals surface area contributed by atoms with Gasteiger partial charge < -0.3 is 0 Å². The monoisotopic (exact) mass is 646 g/mol. The molecule has 6 heteroatoms. The maximum atomic E-state index is 4.54. The van der Waals surface area contributed by atoms with Gasteiger partial charge in [-0.15, -0.1) is 0 Å². The third kappa shape index (κ3) is 6.15. The summed E-state index contributed by atoms with van der Waals surface area (Å²) in [5.41, 5.74) is 11.3. The number of hydrogen-bond acceptors (Lipinski definition) is 6. The topological polar surface area (TPSA) is 77.3 Å². The van der Waals surface area contributed by atoms with Crippen molar-refractivity contribution in [2.45, 2.75) is 27.7 Å². The van der Waals surface area contributed by atoms with Crippen molar-refractivity contribution in [2.24, 2.45) is 0 Å². The predicted octanol–water partition coefficient (Wildman–Crippen LogP) is 10.4. The van der Waals surface area contributed by atoms with Crippen LogP contribution in [-0.2, 0) is 0 Å². The molecule has 2 aromatic heterocycles. The zero-order valence-corrected chi connectivity index (χ0v) is 28.4. The Morgan fingerprint density at radius 3 is 1.04 bits per heavy atom. The van der Waals surface area contributed by atoms with Gasteiger partial charge in [0.25, 0.3) is 0 Å². The fourth-order valence-corrected chi connectivity index (χ4v) is 6.67. The van der Waals surface area contributed by atoms with Crippen LogP contribution in [-0.4, -0.2) is 29.9 Å². The van der Waals surface area contributed by atoms with Gasteiger partial charge in [-0.3, -0.25) is 0 Å². The average molecular weight is 647 g/mol. The van der Waals surface area contributed by atoms with Crippen LogP contribution in [0.5, 0.6) is 0 Å². The molecule has 6 aromatic carbocycles. The minimum absolute atomic E-state index is 0.698. The van der Waals surface area contributed by atoms with Gasteiger partial charge in [-0.05, 0) is 95.1 Å². The molecule has 0 N–H and O–H groups in total. The van der Waals surface area contributed by atoms with E-state index in [-0.39, 0.29) is 0 Å². The fourth-order valence-electron chi connectivity index (χ4n) is 6.67. The maximum Gasteiger partial charge on any atom is 0.163 e. The van der Waals surface area contributed by atoms with E-state index < -0.39 is 0 Å². The SMILES string of the molecule is Cc1nc(C)nc(-c2ccc(-c3cccc(-c4cccc5cccc(-c6cccc(-c7ccc(-c8nc(C)nc(C)n8)cc7)c6)c45)c3)cc2)n1. The van der Waals surface area contributed by atoms with E-state index in [9.17, 15) is 0 Å². The van der Waals surface area contributed by atoms with Gasteiger partial charge >= 0.3 is 0 Å². The van der Waals surface area contributed by atoms with E-state index in [4.69, 9.17) is 0 Å². The quantitative estimate of drug-likeness (QED) is 0.179. The van der Waals surface area contributed by atoms with E-state index in [1.54, 1.807) is 0 Å². The summed E-state index contributed by atoms with van der Waals surface area (Å²) in [5, 5.41) is 2.44. The van der Waals surface area contributed by atoms with Crippen LogP contribution in [0.3, 0.4) is 0 Å². The number of fused-ring (bicyclic) bond motifs is 1. The number of hydrogen-bond donors (Lipinski definition) is 0. The summed E-state index contributed by atoms with van der Waals surface area (Å²) in [6, 6.07) is 47.6. The van der Waals surface area contributed by atoms with E-state index in [0.29, 0.717) is 11.6 Å². The van der Waals surface area contributed by atoms with E-state index in [1.807, 2.05) is 27.7 Å². The summed E-state index contributed by atoms with van der Waals surface area (Å²) in [4.78, 5) is 26.8. The lowest BCUT2D eigenvalue weighted by molar-refractivity contribution is 0.928. The molecule has 0 saturated carbocycles. The van der Waals surface area contributed by atoms with Crippen LogP contribution in [0.4, 0.5) is 0 Å². The normalized spacial score (nSPS) is 11.2. The third-order valence-corrected chi connectivity index (χ3v) is 8.92. The first-order valence-electron chi connectivity index (χ1n) is 16.7. The fraction of sp³-hybridized carbons (Fsp3) is 0.0909. The molecule has 50 heavy (non-hydrogen) atoms. The first kappa shape index (κ1) is 30.9. The zero-order valence-electron chi connectivity index (χ0n) is 28.4. The molecule has 2 heterocycles. The van der Waals surface area contributed by atoms with E-state index in [0.717, 1.165) is 56.7 Å². The average Bonchev–Trinajstić information content (AvgIpc) is 3.14. The first-order valence-corrected chi connectivity index (χ1v) is 16.7. The van der Waals surface area contributed by atoms with Crippen molar-refractivity contribution >= 4 is 10.8 Å². The van der Waals surface area contributed by atoms with Crippen LogP contribution in [0, 0.1) is 27.7 Å². The molecule has 0 aliphatic carbocycles. The Labute approximate surface area is 291 Å². The summed E-state index contributed by atoms with van der Waals surface area (Å²) >= 11 is 0. The van der Waals surface area contributed by atoms with Crippen molar-refractivity contribution in [3.63, 3.8) is 0 Å². The molecule has 0 bridgehead atoms. The molecule has 0 spiro atoms. The standard InChI is InChI=1S/C44H34N6/c1-27-45-28(2)48-43(47-27)34-21-17-31(18-22-34)36-11-5-13-38(25-36)40-15-7-9-33-10-8-16-41(42(33)40)39-14-6-12-37(26-39)32-19-23-35(24-20-32)44-49-29(3)46-30(4)50-44/h5-26H,1-4H3. The van der Waals surface area contributed by atoms with Crippen molar-refractivity contribution < 1.29 is 0 Å². The molecule has 0 fully saturated rings. The molecule has 0 atom stereocenters. The Morgan fingerprint density at radius 2 is 0.640 bits per heavy atom. The second-order valence-corrected chi connectivity index (χ2v) is 12.5. The lowest BCUT2D eigenvalue weighted by Crippen LogP contribution is -1.98. The molecule has 0 radical (unpaired) electrons. The highest BCUT2D eigenvalue weighted by molar-refractivity contribution is 6.07. The Bertz CT molecular complexity index is 2310. The summed E-state index contributed by atoms with van der Waals surface area (Å²) in [6.07, 6.45) is 0. The Kier molecular flexibility index (Phi) is 7.97. The summed E-state index contributed by atoms with van der Waals surface area (Å²) in [6.45, 7) is 7.59. The Balaban J connectivity index is 1.14. The van der Waals surface area contributed by atoms with Crippen LogP contribution in [0.15, 0.2) is 133 Å². The summed E-state index contributed by atoms with van der Waals surface area (Å²) in [5.74, 6) is 4.29. The molecular formula is C44H34N6. The molecule has 0 aliphatic heterocycles. The van der Waals surface area contributed by atoms with Gasteiger partial charge in [-0.25, -0.2) is 29.9 Å². The number of benzene rings is 6. The maximum absolute atomic E-state index is 4.54. The summed E-state index contributed by atoms with van der Waals surface area (Å²) < 4.78 is 0. The largest absolute Gasteiger partial charge is 0.219 e. The van der Waals surface area contributed by atoms with Crippen molar-refractivity contribution in [2.75, 3.05) is 0 Å². The van der Waals surface area contributed by atoms with Gasteiger partial charge in [0.1, 0.15) is 23.3 Å². The van der Waals surface area contributed by atoms with Crippen LogP contribution in [0.1, 0.15) is 23.3 Å². The van der Waals surface area contributed by atoms with Crippen molar-refractivity contribution in [1.82, 2.24) is 29.9 Å². The smallest absolute Gasteiger partial charge is 0.163 e. The van der Waals surface area contributed by atoms with Gasteiger partial charge in [0, 0.05) is 11.1 Å². The lowest BCUT2D eigenvalue weighted by atomic mass is 9.89. The Hall–Kier alpha value is -6.40. The van der Waals surface area contributed by atoms with Gasteiger partial charge in [0.15, 0.2) is 11.6 Å². The molecule has 6 nitrogen and oxygen atoms in total. The van der Waals surface area contributed by atoms with Crippen LogP contribution >= 0.6 is 0 Å². The molecular weight excluding hydrogens is 613 g/mol. The van der Waals surface area contributed by atoms with E-state index in [2.05, 4.69) is 163 Å². The highest BCUT2D eigenvalue weighted by atomic mass is 15.0. The summed E-state index contributed by atoms with van der Waals surface area (Å²) in [7, 11) is 0. The number of nitrogens with zero attached hydrogens (tertiary/aromatic N) is 6.